The van der Waals surface area contributed by atoms with Gasteiger partial charge in [0.1, 0.15) is 0 Å². The number of nitrogens with two attached hydrogens (primary N) is 2. The summed E-state index contributed by atoms with van der Waals surface area (Å²) in [6, 6.07) is 0. The SMILES string of the molecule is CCN1C(N)=NC(N)=NC1NOC. The highest BCUT2D eigenvalue weighted by molar-refractivity contribution is 5.95. The molecule has 0 saturated heterocycles. The number of hydrogen-bond acceptors (Lipinski definition) is 7. The third-order valence-electron chi connectivity index (χ3n) is 1.64. The largest absolute Gasteiger partial charge is 0.369 e. The second-order valence-corrected chi connectivity index (χ2v) is 2.44. The van der Waals surface area contributed by atoms with E-state index in [-0.39, 0.29) is 5.96 Å². The molecule has 0 radical (unpaired) electrons. The van der Waals surface area contributed by atoms with E-state index in [0.717, 1.165) is 0 Å². The Morgan fingerprint density at radius 2 is 2.31 bits per heavy atom. The Bertz CT molecular complexity index is 237. The van der Waals surface area contributed by atoms with Crippen LogP contribution in [-0.2, 0) is 4.84 Å². The monoisotopic (exact) mass is 186 g/mol. The van der Waals surface area contributed by atoms with Gasteiger partial charge >= 0.3 is 0 Å². The summed E-state index contributed by atoms with van der Waals surface area (Å²) >= 11 is 0. The first-order valence-corrected chi connectivity index (χ1v) is 3.91. The summed E-state index contributed by atoms with van der Waals surface area (Å²) in [5.74, 6) is 0.487. The minimum Gasteiger partial charge on any atom is -0.369 e. The molecule has 0 amide bonds. The summed E-state index contributed by atoms with van der Waals surface area (Å²) in [6.45, 7) is 2.61. The number of rotatable bonds is 3. The molecule has 1 unspecified atom stereocenters. The zero-order valence-electron chi connectivity index (χ0n) is 7.69. The number of nitrogens with one attached hydrogen (secondary N) is 1. The Kier molecular flexibility index (Phi) is 3.04. The highest BCUT2D eigenvalue weighted by atomic mass is 16.6. The van der Waals surface area contributed by atoms with E-state index in [1.54, 1.807) is 4.90 Å². The van der Waals surface area contributed by atoms with Crippen molar-refractivity contribution in [2.75, 3.05) is 13.7 Å². The fourth-order valence-electron chi connectivity index (χ4n) is 1.06. The van der Waals surface area contributed by atoms with Crippen LogP contribution < -0.4 is 16.9 Å². The van der Waals surface area contributed by atoms with Crippen molar-refractivity contribution < 1.29 is 4.84 Å². The third kappa shape index (κ3) is 2.07. The van der Waals surface area contributed by atoms with Crippen molar-refractivity contribution in [1.82, 2.24) is 10.4 Å². The maximum Gasteiger partial charge on any atom is 0.221 e. The van der Waals surface area contributed by atoms with Crippen molar-refractivity contribution in [2.45, 2.75) is 13.2 Å². The molecular formula is C6H14N6O. The Morgan fingerprint density at radius 3 is 2.85 bits per heavy atom. The summed E-state index contributed by atoms with van der Waals surface area (Å²) in [6.07, 6.45) is -0.396. The van der Waals surface area contributed by atoms with Crippen molar-refractivity contribution in [2.24, 2.45) is 21.5 Å². The van der Waals surface area contributed by atoms with E-state index in [1.807, 2.05) is 6.92 Å². The number of guanidine groups is 2. The topological polar surface area (TPSA) is 101 Å². The van der Waals surface area contributed by atoms with E-state index >= 15 is 0 Å². The highest BCUT2D eigenvalue weighted by Crippen LogP contribution is 2.02. The summed E-state index contributed by atoms with van der Waals surface area (Å²) in [5.41, 5.74) is 13.7. The smallest absolute Gasteiger partial charge is 0.221 e. The minimum absolute atomic E-state index is 0.150. The zero-order chi connectivity index (χ0) is 9.84. The van der Waals surface area contributed by atoms with Gasteiger partial charge in [-0.05, 0) is 6.92 Å². The molecule has 13 heavy (non-hydrogen) atoms. The van der Waals surface area contributed by atoms with Crippen LogP contribution in [-0.4, -0.2) is 36.8 Å². The molecule has 0 aromatic carbocycles. The van der Waals surface area contributed by atoms with E-state index in [1.165, 1.54) is 7.11 Å². The molecule has 7 nitrogen and oxygen atoms in total. The summed E-state index contributed by atoms with van der Waals surface area (Å²) in [4.78, 5) is 14.3. The quantitative estimate of drug-likeness (QED) is 0.460. The molecule has 0 aromatic heterocycles. The van der Waals surface area contributed by atoms with E-state index in [9.17, 15) is 0 Å². The fraction of sp³-hybridized carbons (Fsp3) is 0.667. The minimum atomic E-state index is -0.396. The Labute approximate surface area is 76.4 Å². The highest BCUT2D eigenvalue weighted by Gasteiger charge is 2.21. The van der Waals surface area contributed by atoms with E-state index in [4.69, 9.17) is 16.3 Å². The summed E-state index contributed by atoms with van der Waals surface area (Å²) in [7, 11) is 1.50. The maximum atomic E-state index is 5.62. The van der Waals surface area contributed by atoms with Gasteiger partial charge in [0.15, 0.2) is 0 Å². The molecule has 7 heteroatoms. The summed E-state index contributed by atoms with van der Waals surface area (Å²) in [5, 5.41) is 0. The molecule has 0 aliphatic carbocycles. The average Bonchev–Trinajstić information content (AvgIpc) is 2.04. The molecule has 1 aliphatic heterocycles. The van der Waals surface area contributed by atoms with Crippen molar-refractivity contribution >= 4 is 11.9 Å². The van der Waals surface area contributed by atoms with Crippen LogP contribution in [0.3, 0.4) is 0 Å². The van der Waals surface area contributed by atoms with E-state index < -0.39 is 6.29 Å². The average molecular weight is 186 g/mol. The number of hydrogen-bond donors (Lipinski definition) is 3. The lowest BCUT2D eigenvalue weighted by Gasteiger charge is -2.30. The fourth-order valence-corrected chi connectivity index (χ4v) is 1.06. The van der Waals surface area contributed by atoms with Gasteiger partial charge in [-0.3, -0.25) is 0 Å². The second-order valence-electron chi connectivity index (χ2n) is 2.44. The van der Waals surface area contributed by atoms with Gasteiger partial charge in [0, 0.05) is 6.54 Å². The molecule has 1 atom stereocenters. The Hall–Kier alpha value is -1.34. The lowest BCUT2D eigenvalue weighted by molar-refractivity contribution is 0.0228. The first-order valence-electron chi connectivity index (χ1n) is 3.91. The number of hydroxylamine groups is 1. The zero-order valence-corrected chi connectivity index (χ0v) is 7.69. The molecule has 0 spiro atoms. The van der Waals surface area contributed by atoms with Crippen LogP contribution >= 0.6 is 0 Å². The number of nitrogens with zero attached hydrogens (tertiary/aromatic N) is 3. The molecule has 74 valence electrons. The molecule has 1 rings (SSSR count). The van der Waals surface area contributed by atoms with Crippen molar-refractivity contribution in [3.8, 4) is 0 Å². The predicted molar refractivity (Wildman–Crippen MR) is 49.6 cm³/mol. The van der Waals surface area contributed by atoms with Crippen molar-refractivity contribution in [1.29, 1.82) is 0 Å². The van der Waals surface area contributed by atoms with Gasteiger partial charge in [0.05, 0.1) is 7.11 Å². The summed E-state index contributed by atoms with van der Waals surface area (Å²) < 4.78 is 0. The predicted octanol–water partition coefficient (Wildman–Crippen LogP) is -1.61. The Balaban J connectivity index is 2.76. The molecule has 0 aromatic rings. The van der Waals surface area contributed by atoms with Crippen LogP contribution in [0, 0.1) is 0 Å². The van der Waals surface area contributed by atoms with Crippen LogP contribution in [0.25, 0.3) is 0 Å². The Morgan fingerprint density at radius 1 is 1.62 bits per heavy atom. The van der Waals surface area contributed by atoms with Crippen LogP contribution in [0.4, 0.5) is 0 Å². The lowest BCUT2D eigenvalue weighted by Crippen LogP contribution is -2.53. The van der Waals surface area contributed by atoms with Gasteiger partial charge in [-0.2, -0.15) is 10.5 Å². The van der Waals surface area contributed by atoms with Crippen LogP contribution in [0.1, 0.15) is 6.92 Å². The van der Waals surface area contributed by atoms with Crippen molar-refractivity contribution in [3.05, 3.63) is 0 Å². The van der Waals surface area contributed by atoms with E-state index in [0.29, 0.717) is 12.5 Å². The molecular weight excluding hydrogens is 172 g/mol. The van der Waals surface area contributed by atoms with Gasteiger partial charge in [-0.15, -0.1) is 0 Å². The maximum absolute atomic E-state index is 5.62. The standard InChI is InChI=1S/C6H14N6O/c1-3-12-5(8)9-4(7)10-6(12)11-13-2/h6,11H,3H2,1-2H3,(H4,7,8,9,10). The normalized spacial score (nSPS) is 22.6. The molecule has 1 aliphatic rings. The lowest BCUT2D eigenvalue weighted by atomic mass is 10.5. The van der Waals surface area contributed by atoms with Crippen LogP contribution in [0.2, 0.25) is 0 Å². The molecule has 5 N–H and O–H groups in total. The number of aliphatic imine (C=N–C) groups is 2. The molecule has 0 saturated carbocycles. The van der Waals surface area contributed by atoms with Gasteiger partial charge in [-0.1, -0.05) is 0 Å². The van der Waals surface area contributed by atoms with Gasteiger partial charge in [0.25, 0.3) is 0 Å². The van der Waals surface area contributed by atoms with Crippen LogP contribution in [0.5, 0.6) is 0 Å². The molecule has 0 bridgehead atoms. The van der Waals surface area contributed by atoms with E-state index in [2.05, 4.69) is 15.5 Å². The van der Waals surface area contributed by atoms with Crippen molar-refractivity contribution in [3.63, 3.8) is 0 Å². The van der Waals surface area contributed by atoms with Crippen LogP contribution in [0.15, 0.2) is 9.98 Å². The third-order valence-corrected chi connectivity index (χ3v) is 1.64. The second kappa shape index (κ2) is 4.06. The van der Waals surface area contributed by atoms with Gasteiger partial charge in [-0.25, -0.2) is 4.99 Å². The molecule has 1 heterocycles. The van der Waals surface area contributed by atoms with Gasteiger partial charge in [0.2, 0.25) is 18.2 Å². The first-order chi connectivity index (χ1) is 6.19. The van der Waals surface area contributed by atoms with Gasteiger partial charge < -0.3 is 21.2 Å². The first kappa shape index (κ1) is 9.75. The molecule has 0 fully saturated rings.